The second kappa shape index (κ2) is 9.19. The number of benzene rings is 2. The van der Waals surface area contributed by atoms with Crippen LogP contribution in [0.4, 0.5) is 0 Å². The molecule has 0 atom stereocenters. The molecule has 6 nitrogen and oxygen atoms in total. The normalized spacial score (nSPS) is 11.2. The van der Waals surface area contributed by atoms with Gasteiger partial charge >= 0.3 is 5.97 Å². The summed E-state index contributed by atoms with van der Waals surface area (Å²) in [6.07, 6.45) is 1.02. The Hall–Kier alpha value is -2.38. The zero-order valence-electron chi connectivity index (χ0n) is 13.7. The van der Waals surface area contributed by atoms with Crippen molar-refractivity contribution >= 4 is 16.0 Å². The topological polar surface area (TPSA) is 92.7 Å². The van der Waals surface area contributed by atoms with Crippen molar-refractivity contribution in [1.29, 1.82) is 0 Å². The minimum Gasteiger partial charge on any atom is -0.482 e. The van der Waals surface area contributed by atoms with Crippen LogP contribution in [0.5, 0.6) is 5.75 Å². The highest BCUT2D eigenvalue weighted by Gasteiger charge is 2.10. The van der Waals surface area contributed by atoms with Crippen LogP contribution in [0.3, 0.4) is 0 Å². The lowest BCUT2D eigenvalue weighted by molar-refractivity contribution is -0.139. The molecular weight excluding hydrogens is 342 g/mol. The van der Waals surface area contributed by atoms with Crippen LogP contribution in [0.25, 0.3) is 0 Å². The van der Waals surface area contributed by atoms with Gasteiger partial charge in [-0.2, -0.15) is 0 Å². The molecule has 0 amide bonds. The predicted octanol–water partition coefficient (Wildman–Crippen LogP) is 1.85. The third-order valence-electron chi connectivity index (χ3n) is 3.52. The van der Waals surface area contributed by atoms with E-state index >= 15 is 0 Å². The molecule has 0 aliphatic heterocycles. The Labute approximate surface area is 147 Å². The first kappa shape index (κ1) is 19.0. The molecule has 134 valence electrons. The van der Waals surface area contributed by atoms with E-state index in [1.807, 2.05) is 30.3 Å². The first-order valence-corrected chi connectivity index (χ1v) is 9.55. The van der Waals surface area contributed by atoms with Crippen molar-refractivity contribution in [2.75, 3.05) is 18.9 Å². The van der Waals surface area contributed by atoms with E-state index in [0.29, 0.717) is 25.1 Å². The number of ether oxygens (including phenoxy) is 1. The lowest BCUT2D eigenvalue weighted by atomic mass is 10.1. The number of aliphatic carboxylic acids is 1. The van der Waals surface area contributed by atoms with Gasteiger partial charge in [-0.15, -0.1) is 0 Å². The SMILES string of the molecule is O=C(O)COc1ccc(CCNS(=O)(=O)CCc2ccccc2)cc1. The third-order valence-corrected chi connectivity index (χ3v) is 4.91. The number of hydrogen-bond donors (Lipinski definition) is 2. The van der Waals surface area contributed by atoms with E-state index in [9.17, 15) is 13.2 Å². The van der Waals surface area contributed by atoms with Gasteiger partial charge in [0.2, 0.25) is 10.0 Å². The van der Waals surface area contributed by atoms with Crippen LogP contribution in [-0.2, 0) is 27.7 Å². The molecule has 25 heavy (non-hydrogen) atoms. The van der Waals surface area contributed by atoms with Crippen LogP contribution >= 0.6 is 0 Å². The van der Waals surface area contributed by atoms with Crippen LogP contribution in [-0.4, -0.2) is 38.4 Å². The molecule has 0 radical (unpaired) electrons. The molecule has 2 aromatic carbocycles. The molecule has 0 heterocycles. The van der Waals surface area contributed by atoms with Crippen LogP contribution in [0.15, 0.2) is 54.6 Å². The van der Waals surface area contributed by atoms with Gasteiger partial charge in [-0.05, 0) is 36.1 Å². The highest BCUT2D eigenvalue weighted by atomic mass is 32.2. The summed E-state index contributed by atoms with van der Waals surface area (Å²) in [5.74, 6) is -0.512. The van der Waals surface area contributed by atoms with E-state index in [4.69, 9.17) is 9.84 Å². The predicted molar refractivity (Wildman–Crippen MR) is 95.2 cm³/mol. The number of rotatable bonds is 10. The lowest BCUT2D eigenvalue weighted by Gasteiger charge is -2.08. The number of aryl methyl sites for hydroxylation is 1. The smallest absolute Gasteiger partial charge is 0.341 e. The minimum atomic E-state index is -3.32. The lowest BCUT2D eigenvalue weighted by Crippen LogP contribution is -2.29. The molecule has 2 aromatic rings. The number of sulfonamides is 1. The molecule has 0 aliphatic rings. The largest absolute Gasteiger partial charge is 0.482 e. The summed E-state index contributed by atoms with van der Waals surface area (Å²) in [4.78, 5) is 10.4. The van der Waals surface area contributed by atoms with Crippen molar-refractivity contribution in [3.63, 3.8) is 0 Å². The third kappa shape index (κ3) is 7.36. The summed E-state index contributed by atoms with van der Waals surface area (Å²) in [6, 6.07) is 16.4. The Morgan fingerprint density at radius 1 is 0.960 bits per heavy atom. The second-order valence-electron chi connectivity index (χ2n) is 5.53. The number of carbonyl (C=O) groups is 1. The number of nitrogens with one attached hydrogen (secondary N) is 1. The highest BCUT2D eigenvalue weighted by Crippen LogP contribution is 2.12. The van der Waals surface area contributed by atoms with Crippen molar-refractivity contribution in [3.8, 4) is 5.75 Å². The Balaban J connectivity index is 1.74. The Morgan fingerprint density at radius 3 is 2.24 bits per heavy atom. The van der Waals surface area contributed by atoms with Gasteiger partial charge in [0, 0.05) is 6.54 Å². The number of carboxylic acid groups (broad SMARTS) is 1. The Morgan fingerprint density at radius 2 is 1.60 bits per heavy atom. The summed E-state index contributed by atoms with van der Waals surface area (Å²) in [7, 11) is -3.32. The second-order valence-corrected chi connectivity index (χ2v) is 7.45. The maximum atomic E-state index is 12.0. The fourth-order valence-electron chi connectivity index (χ4n) is 2.22. The number of hydrogen-bond acceptors (Lipinski definition) is 4. The monoisotopic (exact) mass is 363 g/mol. The molecule has 0 spiro atoms. The summed E-state index contributed by atoms with van der Waals surface area (Å²) in [6.45, 7) is -0.0764. The van der Waals surface area contributed by atoms with E-state index in [1.54, 1.807) is 24.3 Å². The molecule has 0 unspecified atom stereocenters. The van der Waals surface area contributed by atoms with E-state index in [2.05, 4.69) is 4.72 Å². The summed E-state index contributed by atoms with van der Waals surface area (Å²) >= 11 is 0. The van der Waals surface area contributed by atoms with Crippen molar-refractivity contribution in [3.05, 3.63) is 65.7 Å². The standard InChI is InChI=1S/C18H21NO5S/c20-18(21)14-24-17-8-6-16(7-9-17)10-12-19-25(22,23)13-11-15-4-2-1-3-5-15/h1-9,19H,10-14H2,(H,20,21). The van der Waals surface area contributed by atoms with Gasteiger partial charge in [0.05, 0.1) is 5.75 Å². The van der Waals surface area contributed by atoms with Gasteiger partial charge in [-0.3, -0.25) is 0 Å². The van der Waals surface area contributed by atoms with Gasteiger partial charge in [0.1, 0.15) is 5.75 Å². The minimum absolute atomic E-state index is 0.0545. The summed E-state index contributed by atoms with van der Waals surface area (Å²) < 4.78 is 31.7. The average molecular weight is 363 g/mol. The van der Waals surface area contributed by atoms with Crippen LogP contribution < -0.4 is 9.46 Å². The quantitative estimate of drug-likeness (QED) is 0.672. The Kier molecular flexibility index (Phi) is 6.97. The molecule has 0 bridgehead atoms. The molecule has 0 saturated carbocycles. The molecule has 0 fully saturated rings. The van der Waals surface area contributed by atoms with Crippen molar-refractivity contribution in [1.82, 2.24) is 4.72 Å². The molecule has 2 rings (SSSR count). The van der Waals surface area contributed by atoms with Gasteiger partial charge < -0.3 is 9.84 Å². The van der Waals surface area contributed by atoms with E-state index < -0.39 is 16.0 Å². The number of carboxylic acids is 1. The molecule has 2 N–H and O–H groups in total. The zero-order chi connectivity index (χ0) is 18.1. The average Bonchev–Trinajstić information content (AvgIpc) is 2.60. The van der Waals surface area contributed by atoms with Crippen LogP contribution in [0, 0.1) is 0 Å². The molecule has 7 heteroatoms. The van der Waals surface area contributed by atoms with Crippen molar-refractivity contribution in [2.24, 2.45) is 0 Å². The van der Waals surface area contributed by atoms with Gasteiger partial charge in [0.15, 0.2) is 6.61 Å². The first-order chi connectivity index (χ1) is 11.9. The molecular formula is C18H21NO5S. The fraction of sp³-hybridized carbons (Fsp3) is 0.278. The van der Waals surface area contributed by atoms with Gasteiger partial charge in [-0.1, -0.05) is 42.5 Å². The van der Waals surface area contributed by atoms with Crippen LogP contribution in [0.1, 0.15) is 11.1 Å². The van der Waals surface area contributed by atoms with Gasteiger partial charge in [0.25, 0.3) is 0 Å². The molecule has 0 aliphatic carbocycles. The fourth-order valence-corrected chi connectivity index (χ4v) is 3.28. The molecule has 0 aromatic heterocycles. The maximum Gasteiger partial charge on any atom is 0.341 e. The summed E-state index contributed by atoms with van der Waals surface area (Å²) in [5, 5.41) is 8.55. The van der Waals surface area contributed by atoms with Gasteiger partial charge in [-0.25, -0.2) is 17.9 Å². The Bertz CT molecular complexity index is 773. The van der Waals surface area contributed by atoms with E-state index in [-0.39, 0.29) is 12.4 Å². The van der Waals surface area contributed by atoms with Crippen molar-refractivity contribution in [2.45, 2.75) is 12.8 Å². The maximum absolute atomic E-state index is 12.0. The first-order valence-electron chi connectivity index (χ1n) is 7.89. The van der Waals surface area contributed by atoms with E-state index in [1.165, 1.54) is 0 Å². The van der Waals surface area contributed by atoms with Crippen molar-refractivity contribution < 1.29 is 23.1 Å². The summed E-state index contributed by atoms with van der Waals surface area (Å²) in [5.41, 5.74) is 1.93. The van der Waals surface area contributed by atoms with Crippen LogP contribution in [0.2, 0.25) is 0 Å². The van der Waals surface area contributed by atoms with E-state index in [0.717, 1.165) is 11.1 Å². The highest BCUT2D eigenvalue weighted by molar-refractivity contribution is 7.89. The zero-order valence-corrected chi connectivity index (χ0v) is 14.5. The molecule has 0 saturated heterocycles.